The Kier molecular flexibility index (Phi) is 4.97. The number of hydrogen-bond donors (Lipinski definition) is 1. The summed E-state index contributed by atoms with van der Waals surface area (Å²) in [5, 5.41) is 5.34. The molecule has 2 N–H and O–H groups in total. The first kappa shape index (κ1) is 16.7. The quantitative estimate of drug-likeness (QED) is 0.854. The number of rotatable bonds is 3. The minimum absolute atomic E-state index is 0.130. The van der Waals surface area contributed by atoms with E-state index < -0.39 is 10.0 Å². The molecule has 1 fully saturated rings. The second kappa shape index (κ2) is 6.24. The summed E-state index contributed by atoms with van der Waals surface area (Å²) in [6.45, 7) is 2.68. The van der Waals surface area contributed by atoms with Crippen molar-refractivity contribution < 1.29 is 13.2 Å². The number of benzene rings is 1. The van der Waals surface area contributed by atoms with Gasteiger partial charge in [-0.15, -0.1) is 0 Å². The zero-order valence-corrected chi connectivity index (χ0v) is 14.6. The van der Waals surface area contributed by atoms with Crippen molar-refractivity contribution in [1.82, 2.24) is 4.90 Å². The highest BCUT2D eigenvalue weighted by atomic mass is 79.9. The number of nitrogens with two attached hydrogens (primary N) is 1. The van der Waals surface area contributed by atoms with Crippen LogP contribution in [0.3, 0.4) is 0 Å². The lowest BCUT2D eigenvalue weighted by molar-refractivity contribution is 0.0733. The maximum atomic E-state index is 12.7. The van der Waals surface area contributed by atoms with Crippen molar-refractivity contribution in [3.8, 4) is 0 Å². The standard InChI is InChI=1S/C13H16BrClN2O3S/c1-2-8-4-3-5-17(8)13(18)10-6-9(21(16,19)20)7-11(14)12(10)15/h6-8H,2-5H2,1H3,(H2,16,19,20). The van der Waals surface area contributed by atoms with Crippen molar-refractivity contribution in [1.29, 1.82) is 0 Å². The summed E-state index contributed by atoms with van der Waals surface area (Å²) in [4.78, 5) is 14.3. The molecule has 5 nitrogen and oxygen atoms in total. The third-order valence-electron chi connectivity index (χ3n) is 3.67. The third-order valence-corrected chi connectivity index (χ3v) is 5.82. The first-order chi connectivity index (χ1) is 9.75. The Morgan fingerprint density at radius 3 is 2.76 bits per heavy atom. The van der Waals surface area contributed by atoms with Gasteiger partial charge in [0.15, 0.2) is 0 Å². The van der Waals surface area contributed by atoms with E-state index in [0.717, 1.165) is 19.3 Å². The van der Waals surface area contributed by atoms with Gasteiger partial charge in [-0.3, -0.25) is 4.79 Å². The number of sulfonamides is 1. The van der Waals surface area contributed by atoms with Crippen molar-refractivity contribution >= 4 is 43.5 Å². The van der Waals surface area contributed by atoms with Gasteiger partial charge in [-0.2, -0.15) is 0 Å². The van der Waals surface area contributed by atoms with Crippen LogP contribution in [0.15, 0.2) is 21.5 Å². The van der Waals surface area contributed by atoms with Crippen LogP contribution in [-0.2, 0) is 10.0 Å². The fourth-order valence-corrected chi connectivity index (χ4v) is 3.93. The molecular formula is C13H16BrClN2O3S. The van der Waals surface area contributed by atoms with Gasteiger partial charge in [0, 0.05) is 17.1 Å². The number of primary sulfonamides is 1. The number of carbonyl (C=O) groups is 1. The summed E-state index contributed by atoms with van der Waals surface area (Å²) < 4.78 is 23.3. The molecular weight excluding hydrogens is 380 g/mol. The molecule has 1 heterocycles. The molecule has 21 heavy (non-hydrogen) atoms. The molecule has 1 atom stereocenters. The molecule has 1 saturated heterocycles. The number of halogens is 2. The molecule has 0 bridgehead atoms. The lowest BCUT2D eigenvalue weighted by Crippen LogP contribution is -2.35. The van der Waals surface area contributed by atoms with Gasteiger partial charge in [0.1, 0.15) is 0 Å². The Bertz CT molecular complexity index is 678. The van der Waals surface area contributed by atoms with Crippen molar-refractivity contribution in [2.24, 2.45) is 5.14 Å². The van der Waals surface area contributed by atoms with Crippen molar-refractivity contribution in [2.75, 3.05) is 6.54 Å². The topological polar surface area (TPSA) is 80.5 Å². The molecule has 0 spiro atoms. The van der Waals surface area contributed by atoms with E-state index in [2.05, 4.69) is 15.9 Å². The minimum atomic E-state index is -3.90. The van der Waals surface area contributed by atoms with E-state index in [0.29, 0.717) is 11.0 Å². The van der Waals surface area contributed by atoms with Crippen LogP contribution in [0.1, 0.15) is 36.5 Å². The highest BCUT2D eigenvalue weighted by Gasteiger charge is 2.30. The van der Waals surface area contributed by atoms with Crippen LogP contribution < -0.4 is 5.14 Å². The minimum Gasteiger partial charge on any atom is -0.336 e. The zero-order valence-electron chi connectivity index (χ0n) is 11.5. The maximum Gasteiger partial charge on any atom is 0.255 e. The highest BCUT2D eigenvalue weighted by molar-refractivity contribution is 9.10. The SMILES string of the molecule is CCC1CCCN1C(=O)c1cc(S(N)(=O)=O)cc(Br)c1Cl. The van der Waals surface area contributed by atoms with Crippen LogP contribution in [0.2, 0.25) is 5.02 Å². The summed E-state index contributed by atoms with van der Waals surface area (Å²) in [5.41, 5.74) is 0.162. The lowest BCUT2D eigenvalue weighted by Gasteiger charge is -2.24. The molecule has 0 aliphatic carbocycles. The Labute approximate surface area is 137 Å². The van der Waals surface area contributed by atoms with Crippen LogP contribution in [0.5, 0.6) is 0 Å². The van der Waals surface area contributed by atoms with Crippen molar-refractivity contribution in [3.63, 3.8) is 0 Å². The number of hydrogen-bond acceptors (Lipinski definition) is 3. The predicted molar refractivity (Wildman–Crippen MR) is 84.9 cm³/mol. The number of amides is 1. The smallest absolute Gasteiger partial charge is 0.255 e. The molecule has 0 radical (unpaired) electrons. The molecule has 1 aliphatic rings. The average Bonchev–Trinajstić information content (AvgIpc) is 2.88. The second-order valence-corrected chi connectivity index (χ2v) is 7.81. The Hall–Kier alpha value is -0.630. The van der Waals surface area contributed by atoms with E-state index in [-0.39, 0.29) is 27.4 Å². The van der Waals surface area contributed by atoms with E-state index in [1.807, 2.05) is 6.92 Å². The van der Waals surface area contributed by atoms with Gasteiger partial charge < -0.3 is 4.90 Å². The van der Waals surface area contributed by atoms with Crippen molar-refractivity contribution in [3.05, 3.63) is 27.2 Å². The Morgan fingerprint density at radius 2 is 2.19 bits per heavy atom. The third kappa shape index (κ3) is 3.41. The first-order valence-electron chi connectivity index (χ1n) is 6.58. The van der Waals surface area contributed by atoms with Crippen LogP contribution in [-0.4, -0.2) is 31.8 Å². The molecule has 1 aliphatic heterocycles. The maximum absolute atomic E-state index is 12.7. The predicted octanol–water partition coefficient (Wildman–Crippen LogP) is 2.76. The lowest BCUT2D eigenvalue weighted by atomic mass is 10.1. The number of likely N-dealkylation sites (tertiary alicyclic amines) is 1. The zero-order chi connectivity index (χ0) is 15.8. The molecule has 2 rings (SSSR count). The van der Waals surface area contributed by atoms with Crippen LogP contribution >= 0.6 is 27.5 Å². The number of nitrogens with zero attached hydrogens (tertiary/aromatic N) is 1. The normalized spacial score (nSPS) is 19.0. The first-order valence-corrected chi connectivity index (χ1v) is 9.30. The molecule has 116 valence electrons. The van der Waals surface area contributed by atoms with Crippen LogP contribution in [0, 0.1) is 0 Å². The summed E-state index contributed by atoms with van der Waals surface area (Å²) in [6, 6.07) is 2.72. The molecule has 1 unspecified atom stereocenters. The fraction of sp³-hybridized carbons (Fsp3) is 0.462. The van der Waals surface area contributed by atoms with Gasteiger partial charge in [0.05, 0.1) is 15.5 Å². The molecule has 8 heteroatoms. The van der Waals surface area contributed by atoms with Gasteiger partial charge in [-0.05, 0) is 47.3 Å². The Morgan fingerprint density at radius 1 is 1.52 bits per heavy atom. The fourth-order valence-electron chi connectivity index (χ4n) is 2.57. The molecule has 0 saturated carbocycles. The van der Waals surface area contributed by atoms with Crippen molar-refractivity contribution in [2.45, 2.75) is 37.1 Å². The second-order valence-electron chi connectivity index (χ2n) is 5.01. The van der Waals surface area contributed by atoms with E-state index >= 15 is 0 Å². The van der Waals surface area contributed by atoms with E-state index in [1.165, 1.54) is 12.1 Å². The summed E-state index contributed by atoms with van der Waals surface area (Å²) in [7, 11) is -3.90. The summed E-state index contributed by atoms with van der Waals surface area (Å²) >= 11 is 9.33. The summed E-state index contributed by atoms with van der Waals surface area (Å²) in [6.07, 6.45) is 2.76. The van der Waals surface area contributed by atoms with E-state index in [9.17, 15) is 13.2 Å². The van der Waals surface area contributed by atoms with Crippen LogP contribution in [0.4, 0.5) is 0 Å². The molecule has 1 amide bonds. The molecule has 1 aromatic rings. The molecule has 0 aromatic heterocycles. The van der Waals surface area contributed by atoms with Gasteiger partial charge in [0.25, 0.3) is 5.91 Å². The van der Waals surface area contributed by atoms with Crippen LogP contribution in [0.25, 0.3) is 0 Å². The monoisotopic (exact) mass is 394 g/mol. The van der Waals surface area contributed by atoms with E-state index in [4.69, 9.17) is 16.7 Å². The molecule has 1 aromatic carbocycles. The van der Waals surface area contributed by atoms with Gasteiger partial charge in [-0.25, -0.2) is 13.6 Å². The number of carbonyl (C=O) groups excluding carboxylic acids is 1. The Balaban J connectivity index is 2.48. The van der Waals surface area contributed by atoms with Gasteiger partial charge >= 0.3 is 0 Å². The average molecular weight is 396 g/mol. The van der Waals surface area contributed by atoms with Gasteiger partial charge in [-0.1, -0.05) is 18.5 Å². The summed E-state index contributed by atoms with van der Waals surface area (Å²) in [5.74, 6) is -0.254. The largest absolute Gasteiger partial charge is 0.336 e. The highest BCUT2D eigenvalue weighted by Crippen LogP contribution is 2.32. The van der Waals surface area contributed by atoms with Gasteiger partial charge in [0.2, 0.25) is 10.0 Å². The van der Waals surface area contributed by atoms with E-state index in [1.54, 1.807) is 4.90 Å².